The molecule has 3 saturated heterocycles. The number of rotatable bonds is 12. The minimum absolute atomic E-state index is 0.0753. The second-order valence-corrected chi connectivity index (χ2v) is 18.2. The van der Waals surface area contributed by atoms with Crippen LogP contribution in [0, 0.1) is 12.8 Å². The van der Waals surface area contributed by atoms with Crippen LogP contribution in [-0.2, 0) is 43.5 Å². The highest BCUT2D eigenvalue weighted by molar-refractivity contribution is 7.91. The lowest BCUT2D eigenvalue weighted by Gasteiger charge is -2.31. The predicted molar refractivity (Wildman–Crippen MR) is 198 cm³/mol. The monoisotopic (exact) mass is 794 g/mol. The Morgan fingerprint density at radius 1 is 1.11 bits per heavy atom. The van der Waals surface area contributed by atoms with Crippen molar-refractivity contribution in [3.63, 3.8) is 0 Å². The third-order valence-corrected chi connectivity index (χ3v) is 12.6. The van der Waals surface area contributed by atoms with Gasteiger partial charge in [-0.05, 0) is 64.5 Å². The average Bonchev–Trinajstić information content (AvgIpc) is 3.97. The van der Waals surface area contributed by atoms with E-state index in [1.807, 2.05) is 31.2 Å². The summed E-state index contributed by atoms with van der Waals surface area (Å²) < 4.78 is 44.6. The van der Waals surface area contributed by atoms with Gasteiger partial charge in [-0.15, -0.1) is 6.58 Å². The minimum atomic E-state index is -3.96. The number of ether oxygens (including phenoxy) is 3. The lowest BCUT2D eigenvalue weighted by atomic mass is 10.1. The molecule has 3 N–H and O–H groups in total. The second kappa shape index (κ2) is 14.4. The summed E-state index contributed by atoms with van der Waals surface area (Å²) >= 11 is 0. The van der Waals surface area contributed by atoms with E-state index in [1.165, 1.54) is 15.9 Å². The highest BCUT2D eigenvalue weighted by Gasteiger charge is 2.62. The number of aromatic nitrogens is 1. The van der Waals surface area contributed by atoms with Crippen molar-refractivity contribution in [2.24, 2.45) is 5.92 Å². The molecule has 1 aromatic heterocycles. The Balaban J connectivity index is 1.18. The van der Waals surface area contributed by atoms with Crippen LogP contribution in [0.4, 0.5) is 4.79 Å². The molecule has 3 aliphatic heterocycles. The van der Waals surface area contributed by atoms with Crippen molar-refractivity contribution in [3.8, 4) is 5.88 Å². The molecule has 0 unspecified atom stereocenters. The molecule has 56 heavy (non-hydrogen) atoms. The topological polar surface area (TPSA) is 220 Å². The number of alkyl carbamates (subject to hydrolysis) is 1. The third kappa shape index (κ3) is 7.88. The minimum Gasteiger partial charge on any atom is -0.472 e. The third-order valence-electron chi connectivity index (χ3n) is 10.8. The van der Waals surface area contributed by atoms with Crippen LogP contribution < -0.4 is 20.1 Å². The maximum atomic E-state index is 14.7. The summed E-state index contributed by atoms with van der Waals surface area (Å²) in [5.41, 5.74) is -1.59. The van der Waals surface area contributed by atoms with Crippen molar-refractivity contribution in [2.45, 2.75) is 113 Å². The first-order chi connectivity index (χ1) is 26.4. The molecule has 7 rings (SSSR count). The first kappa shape index (κ1) is 39.0. The number of morpholine rings is 1. The fourth-order valence-corrected chi connectivity index (χ4v) is 9.05. The van der Waals surface area contributed by atoms with E-state index in [9.17, 15) is 37.2 Å². The van der Waals surface area contributed by atoms with Crippen molar-refractivity contribution in [3.05, 3.63) is 48.7 Å². The number of pyridine rings is 1. The molecule has 2 aromatic rings. The number of carbonyl (C=O) groups excluding carboxylic acids is 6. The van der Waals surface area contributed by atoms with E-state index in [1.54, 1.807) is 27.0 Å². The Bertz CT molecular complexity index is 2120. The molecule has 17 nitrogen and oxygen atoms in total. The smallest absolute Gasteiger partial charge is 0.408 e. The molecule has 0 radical (unpaired) electrons. The number of amides is 5. The van der Waals surface area contributed by atoms with Crippen LogP contribution in [0.25, 0.3) is 10.8 Å². The Morgan fingerprint density at radius 3 is 2.50 bits per heavy atom. The van der Waals surface area contributed by atoms with Gasteiger partial charge in [-0.1, -0.05) is 23.8 Å². The summed E-state index contributed by atoms with van der Waals surface area (Å²) in [5, 5.41) is 6.09. The molecule has 5 aliphatic rings. The van der Waals surface area contributed by atoms with Crippen molar-refractivity contribution in [1.29, 1.82) is 0 Å². The van der Waals surface area contributed by atoms with Gasteiger partial charge in [0, 0.05) is 30.3 Å². The molecule has 300 valence electrons. The zero-order valence-electron chi connectivity index (χ0n) is 31.6. The van der Waals surface area contributed by atoms with Gasteiger partial charge in [0.2, 0.25) is 33.6 Å². The largest absolute Gasteiger partial charge is 0.472 e. The maximum Gasteiger partial charge on any atom is 0.408 e. The molecular weight excluding hydrogens is 749 g/mol. The summed E-state index contributed by atoms with van der Waals surface area (Å²) in [5.74, 6) is -3.99. The van der Waals surface area contributed by atoms with Crippen molar-refractivity contribution in [2.75, 3.05) is 13.1 Å². The lowest BCUT2D eigenvalue weighted by Crippen LogP contribution is -2.59. The normalized spacial score (nSPS) is 27.3. The number of esters is 1. The van der Waals surface area contributed by atoms with E-state index in [0.717, 1.165) is 10.9 Å². The number of likely N-dealkylation sites (tertiary alicyclic amines) is 2. The van der Waals surface area contributed by atoms with Gasteiger partial charge >= 0.3 is 12.1 Å². The highest BCUT2D eigenvalue weighted by atomic mass is 32.2. The van der Waals surface area contributed by atoms with E-state index in [-0.39, 0.29) is 31.8 Å². The van der Waals surface area contributed by atoms with E-state index in [4.69, 9.17) is 14.2 Å². The number of nitrogens with zero attached hydrogens (tertiary/aromatic N) is 3. The number of hydrogen-bond donors (Lipinski definition) is 3. The van der Waals surface area contributed by atoms with E-state index in [2.05, 4.69) is 26.9 Å². The molecule has 2 bridgehead atoms. The standard InChI is InChI=1S/C38H46N6O11S/c1-6-22-17-38(22,35(49)42-56(51,52)25-8-9-25)41-31(46)28-14-23(53-32-26-10-7-20(2)13-21(26)11-12-39-32)19-44(28)33(47)27(40-36(50)55-37(3,4)5)16-30(45)43-18-24-15-29(43)34(48)54-24/h6-7,10-13,22-25,27-29H,1,8-9,14-19H2,2-5H3,(H,40,50)(H,41,46)(H,42,49)/t22-,23-,24+,27+,28+,29+,38-/m1/s1. The summed E-state index contributed by atoms with van der Waals surface area (Å²) in [6.45, 7) is 10.5. The number of nitrogens with one attached hydrogen (secondary N) is 3. The molecule has 5 fully saturated rings. The average molecular weight is 795 g/mol. The van der Waals surface area contributed by atoms with Gasteiger partial charge in [0.15, 0.2) is 0 Å². The molecule has 7 atom stereocenters. The quantitative estimate of drug-likeness (QED) is 0.205. The van der Waals surface area contributed by atoms with Crippen LogP contribution in [0.1, 0.15) is 64.9 Å². The molecule has 2 aliphatic carbocycles. The Labute approximate surface area is 323 Å². The Kier molecular flexibility index (Phi) is 9.99. The molecule has 1 aromatic carbocycles. The van der Waals surface area contributed by atoms with E-state index >= 15 is 0 Å². The van der Waals surface area contributed by atoms with Crippen LogP contribution in [-0.4, -0.2) is 119 Å². The number of aryl methyl sites for hydroxylation is 1. The lowest BCUT2D eigenvalue weighted by molar-refractivity contribution is -0.157. The first-order valence-electron chi connectivity index (χ1n) is 18.7. The Hall–Kier alpha value is -5.26. The first-order valence-corrected chi connectivity index (χ1v) is 20.2. The van der Waals surface area contributed by atoms with Crippen LogP contribution in [0.3, 0.4) is 0 Å². The molecule has 5 amide bonds. The van der Waals surface area contributed by atoms with Gasteiger partial charge in [-0.2, -0.15) is 0 Å². The molecular formula is C38H46N6O11S. The van der Waals surface area contributed by atoms with Crippen LogP contribution in [0.5, 0.6) is 5.88 Å². The highest BCUT2D eigenvalue weighted by Crippen LogP contribution is 2.45. The SMILES string of the molecule is C=C[C@@H]1C[C@]1(NC(=O)[C@@H]1C[C@@H](Oc2nccc3cc(C)ccc23)CN1C(=O)[C@H](CC(=O)N1C[C@@H]2C[C@H]1C(=O)O2)NC(=O)OC(C)(C)C)C(=O)NS(=O)(=O)C1CC1. The number of carbonyl (C=O) groups is 6. The van der Waals surface area contributed by atoms with Crippen LogP contribution in [0.15, 0.2) is 43.1 Å². The van der Waals surface area contributed by atoms with Gasteiger partial charge in [0.1, 0.15) is 41.5 Å². The van der Waals surface area contributed by atoms with Crippen molar-refractivity contribution >= 4 is 56.5 Å². The number of fused-ring (bicyclic) bond motifs is 3. The van der Waals surface area contributed by atoms with Gasteiger partial charge in [-0.3, -0.25) is 23.9 Å². The fraction of sp³-hybridized carbons (Fsp3) is 0.553. The van der Waals surface area contributed by atoms with E-state index in [0.29, 0.717) is 24.6 Å². The molecule has 18 heteroatoms. The van der Waals surface area contributed by atoms with Gasteiger partial charge in [0.25, 0.3) is 5.91 Å². The maximum absolute atomic E-state index is 14.7. The number of hydrogen-bond acceptors (Lipinski definition) is 12. The summed E-state index contributed by atoms with van der Waals surface area (Å²) in [6, 6.07) is 3.85. The zero-order valence-corrected chi connectivity index (χ0v) is 32.4. The molecule has 2 saturated carbocycles. The Morgan fingerprint density at radius 2 is 1.86 bits per heavy atom. The second-order valence-electron chi connectivity index (χ2n) is 16.3. The van der Waals surface area contributed by atoms with Crippen molar-refractivity contribution in [1.82, 2.24) is 30.1 Å². The van der Waals surface area contributed by atoms with E-state index < -0.39 is 105 Å². The van der Waals surface area contributed by atoms with Crippen molar-refractivity contribution < 1.29 is 51.4 Å². The number of benzene rings is 1. The summed E-state index contributed by atoms with van der Waals surface area (Å²) in [7, 11) is -3.96. The number of sulfonamides is 1. The summed E-state index contributed by atoms with van der Waals surface area (Å²) in [4.78, 5) is 88.6. The van der Waals surface area contributed by atoms with Gasteiger partial charge < -0.3 is 34.6 Å². The summed E-state index contributed by atoms with van der Waals surface area (Å²) in [6.07, 6.45) is 1.32. The van der Waals surface area contributed by atoms with Gasteiger partial charge in [-0.25, -0.2) is 23.0 Å². The molecule has 0 spiro atoms. The van der Waals surface area contributed by atoms with Crippen LogP contribution >= 0.6 is 0 Å². The van der Waals surface area contributed by atoms with Gasteiger partial charge in [0.05, 0.1) is 24.8 Å². The van der Waals surface area contributed by atoms with Crippen LogP contribution in [0.2, 0.25) is 0 Å². The zero-order chi connectivity index (χ0) is 40.3. The predicted octanol–water partition coefficient (Wildman–Crippen LogP) is 1.37. The fourth-order valence-electron chi connectivity index (χ4n) is 7.68. The molecule has 4 heterocycles.